The Balaban J connectivity index is 1.49. The maximum absolute atomic E-state index is 15.1. The van der Waals surface area contributed by atoms with E-state index >= 15 is 4.39 Å². The number of halogens is 1. The van der Waals surface area contributed by atoms with Crippen LogP contribution in [-0.2, 0) is 12.7 Å². The normalized spacial score (nSPS) is 18.1. The third-order valence-corrected chi connectivity index (χ3v) is 5.39. The molecule has 4 aromatic rings. The lowest BCUT2D eigenvalue weighted by Gasteiger charge is -2.29. The van der Waals surface area contributed by atoms with Crippen molar-refractivity contribution in [3.05, 3.63) is 90.3 Å². The van der Waals surface area contributed by atoms with E-state index in [1.807, 2.05) is 42.1 Å². The Kier molecular flexibility index (Phi) is 4.60. The largest absolute Gasteiger partial charge is 0.370 e. The number of nitrogens with two attached hydrogens (primary N) is 2. The van der Waals surface area contributed by atoms with Gasteiger partial charge in [0.25, 0.3) is 0 Å². The van der Waals surface area contributed by atoms with Crippen LogP contribution >= 0.6 is 0 Å². The van der Waals surface area contributed by atoms with Crippen LogP contribution in [0.2, 0.25) is 0 Å². The van der Waals surface area contributed by atoms with Crippen molar-refractivity contribution in [2.45, 2.75) is 5.66 Å². The Hall–Kier alpha value is -4.24. The third-order valence-electron chi connectivity index (χ3n) is 5.39. The molecule has 3 aromatic heterocycles. The average Bonchev–Trinajstić information content (AvgIpc) is 3.17. The number of pyridine rings is 2. The summed E-state index contributed by atoms with van der Waals surface area (Å²) >= 11 is 0. The number of anilines is 2. The van der Waals surface area contributed by atoms with Gasteiger partial charge in [-0.3, -0.25) is 10.7 Å². The van der Waals surface area contributed by atoms with Crippen molar-refractivity contribution >= 4 is 34.1 Å². The highest BCUT2D eigenvalue weighted by Gasteiger charge is 2.30. The molecule has 5 rings (SSSR count). The molecule has 0 spiro atoms. The quantitative estimate of drug-likeness (QED) is 0.397. The van der Waals surface area contributed by atoms with Gasteiger partial charge in [-0.25, -0.2) is 14.4 Å². The average molecular weight is 428 g/mol. The van der Waals surface area contributed by atoms with Gasteiger partial charge >= 0.3 is 0 Å². The summed E-state index contributed by atoms with van der Waals surface area (Å²) in [6, 6.07) is 12.1. The maximum Gasteiger partial charge on any atom is 0.195 e. The fourth-order valence-corrected chi connectivity index (χ4v) is 3.77. The molecule has 32 heavy (non-hydrogen) atoms. The van der Waals surface area contributed by atoms with Gasteiger partial charge in [-0.2, -0.15) is 0 Å². The van der Waals surface area contributed by atoms with Gasteiger partial charge in [0.1, 0.15) is 11.5 Å². The van der Waals surface area contributed by atoms with Crippen LogP contribution in [0.25, 0.3) is 16.7 Å². The fourth-order valence-electron chi connectivity index (χ4n) is 3.77. The number of hydrogen-bond acceptors (Lipinski definition) is 7. The second-order valence-electron chi connectivity index (χ2n) is 7.58. The molecule has 0 saturated heterocycles. The molecule has 9 heteroatoms. The van der Waals surface area contributed by atoms with E-state index in [4.69, 9.17) is 11.5 Å². The van der Waals surface area contributed by atoms with Crippen molar-refractivity contribution in [1.29, 1.82) is 0 Å². The Morgan fingerprint density at radius 3 is 2.66 bits per heavy atom. The minimum atomic E-state index is -1.32. The summed E-state index contributed by atoms with van der Waals surface area (Å²) in [5.41, 5.74) is 15.1. The minimum absolute atomic E-state index is 0.146. The first-order chi connectivity index (χ1) is 15.4. The summed E-state index contributed by atoms with van der Waals surface area (Å²) in [4.78, 5) is 12.7. The van der Waals surface area contributed by atoms with E-state index in [1.165, 1.54) is 6.07 Å². The molecule has 0 saturated carbocycles. The zero-order valence-electron chi connectivity index (χ0n) is 17.2. The maximum atomic E-state index is 15.1. The van der Waals surface area contributed by atoms with Crippen molar-refractivity contribution in [3.63, 3.8) is 0 Å². The van der Waals surface area contributed by atoms with Gasteiger partial charge in [-0.15, -0.1) is 0 Å². The lowest BCUT2D eigenvalue weighted by Crippen LogP contribution is -2.44. The predicted octanol–water partition coefficient (Wildman–Crippen LogP) is 2.92. The summed E-state index contributed by atoms with van der Waals surface area (Å²) in [6.07, 6.45) is 8.65. The zero-order chi connectivity index (χ0) is 22.3. The molecule has 1 aliphatic rings. The molecular formula is C23H21FN8. The number of rotatable bonds is 4. The summed E-state index contributed by atoms with van der Waals surface area (Å²) in [5, 5.41) is 7.05. The second-order valence-corrected chi connectivity index (χ2v) is 7.58. The van der Waals surface area contributed by atoms with Gasteiger partial charge in [-0.05, 0) is 42.5 Å². The highest BCUT2D eigenvalue weighted by Crippen LogP contribution is 2.32. The molecule has 160 valence electrons. The van der Waals surface area contributed by atoms with E-state index in [0.717, 1.165) is 22.3 Å². The first-order valence-corrected chi connectivity index (χ1v) is 9.94. The predicted molar refractivity (Wildman–Crippen MR) is 123 cm³/mol. The zero-order valence-corrected chi connectivity index (χ0v) is 17.2. The highest BCUT2D eigenvalue weighted by molar-refractivity contribution is 5.92. The van der Waals surface area contributed by atoms with Gasteiger partial charge in [0.15, 0.2) is 11.6 Å². The van der Waals surface area contributed by atoms with Gasteiger partial charge in [-0.1, -0.05) is 6.07 Å². The molecule has 0 fully saturated rings. The summed E-state index contributed by atoms with van der Waals surface area (Å²) in [7, 11) is 1.91. The van der Waals surface area contributed by atoms with E-state index in [-0.39, 0.29) is 5.96 Å². The van der Waals surface area contributed by atoms with Gasteiger partial charge < -0.3 is 20.9 Å². The molecule has 0 bridgehead atoms. The van der Waals surface area contributed by atoms with Crippen molar-refractivity contribution in [2.24, 2.45) is 23.5 Å². The van der Waals surface area contributed by atoms with Crippen LogP contribution in [-0.4, -0.2) is 20.5 Å². The molecule has 0 radical (unpaired) electrons. The van der Waals surface area contributed by atoms with Crippen LogP contribution in [0.1, 0.15) is 11.1 Å². The Morgan fingerprint density at radius 1 is 1.06 bits per heavy atom. The standard InChI is InChI=1S/C23H21FN8/c1-32-11-7-16-18(6-10-28-21(16)32)29-19-3-2-15(12-17(19)24)23(26)13-20(30-22(25)31-23)14-4-8-27-9-5-14/h2-13H,26H2,1H3,(H,28,29)(H3,25,30,31). The number of hydrogen-bond donors (Lipinski definition) is 4. The van der Waals surface area contributed by atoms with E-state index in [2.05, 4.69) is 25.6 Å². The number of aliphatic imine (C=N–C) groups is 1. The van der Waals surface area contributed by atoms with Crippen molar-refractivity contribution < 1.29 is 4.39 Å². The molecule has 1 aromatic carbocycles. The Morgan fingerprint density at radius 2 is 1.88 bits per heavy atom. The second kappa shape index (κ2) is 7.47. The van der Waals surface area contributed by atoms with E-state index < -0.39 is 11.5 Å². The molecule has 8 nitrogen and oxygen atoms in total. The lowest BCUT2D eigenvalue weighted by molar-refractivity contribution is 0.570. The van der Waals surface area contributed by atoms with Crippen LogP contribution in [0.3, 0.4) is 0 Å². The Labute approximate surface area is 183 Å². The molecule has 1 aliphatic heterocycles. The fraction of sp³-hybridized carbons (Fsp3) is 0.0870. The number of benzene rings is 1. The molecule has 1 unspecified atom stereocenters. The summed E-state index contributed by atoms with van der Waals surface area (Å²) in [5.74, 6) is -0.313. The number of nitrogens with one attached hydrogen (secondary N) is 2. The van der Waals surface area contributed by atoms with Crippen molar-refractivity contribution in [3.8, 4) is 0 Å². The van der Waals surface area contributed by atoms with Gasteiger partial charge in [0, 0.05) is 54.0 Å². The summed E-state index contributed by atoms with van der Waals surface area (Å²) in [6.45, 7) is 0. The van der Waals surface area contributed by atoms with Crippen molar-refractivity contribution in [2.75, 3.05) is 5.32 Å². The molecule has 6 N–H and O–H groups in total. The number of aromatic nitrogens is 3. The molecular weight excluding hydrogens is 407 g/mol. The van der Waals surface area contributed by atoms with Gasteiger partial charge in [0.05, 0.1) is 11.4 Å². The number of guanidine groups is 1. The first kappa shape index (κ1) is 19.7. The smallest absolute Gasteiger partial charge is 0.195 e. The molecule has 4 heterocycles. The summed E-state index contributed by atoms with van der Waals surface area (Å²) < 4.78 is 17.0. The highest BCUT2D eigenvalue weighted by atomic mass is 19.1. The SMILES string of the molecule is Cn1ccc2c(Nc3ccc(C4(N)C=C(c5ccncc5)NC(N)=N4)cc3F)ccnc21. The van der Waals surface area contributed by atoms with Crippen LogP contribution in [0.5, 0.6) is 0 Å². The third kappa shape index (κ3) is 3.44. The van der Waals surface area contributed by atoms with Crippen LogP contribution < -0.4 is 22.1 Å². The van der Waals surface area contributed by atoms with E-state index in [1.54, 1.807) is 36.8 Å². The van der Waals surface area contributed by atoms with E-state index in [0.29, 0.717) is 16.9 Å². The topological polar surface area (TPSA) is 119 Å². The van der Waals surface area contributed by atoms with Gasteiger partial charge in [0.2, 0.25) is 0 Å². The Bertz CT molecular complexity index is 1380. The van der Waals surface area contributed by atoms with E-state index in [9.17, 15) is 0 Å². The number of nitrogens with zero attached hydrogens (tertiary/aromatic N) is 4. The van der Waals surface area contributed by atoms with Crippen LogP contribution in [0.15, 0.2) is 78.3 Å². The van der Waals surface area contributed by atoms with Crippen molar-refractivity contribution in [1.82, 2.24) is 19.9 Å². The molecule has 0 amide bonds. The lowest BCUT2D eigenvalue weighted by atomic mass is 9.96. The number of fused-ring (bicyclic) bond motifs is 1. The van der Waals surface area contributed by atoms with Crippen LogP contribution in [0, 0.1) is 5.82 Å². The first-order valence-electron chi connectivity index (χ1n) is 9.94. The number of aryl methyl sites for hydroxylation is 1. The monoisotopic (exact) mass is 428 g/mol. The molecule has 1 atom stereocenters. The van der Waals surface area contributed by atoms with Crippen LogP contribution in [0.4, 0.5) is 15.8 Å². The molecule has 0 aliphatic carbocycles. The minimum Gasteiger partial charge on any atom is -0.370 e.